The summed E-state index contributed by atoms with van der Waals surface area (Å²) in [7, 11) is 0. The summed E-state index contributed by atoms with van der Waals surface area (Å²) >= 11 is 0. The van der Waals surface area contributed by atoms with Crippen LogP contribution in [0, 0.1) is 11.6 Å². The number of nitrogens with one attached hydrogen (secondary N) is 1. The number of anilines is 1. The van der Waals surface area contributed by atoms with E-state index >= 15 is 0 Å². The minimum Gasteiger partial charge on any atom is -0.463 e. The molecule has 4 rings (SSSR count). The Labute approximate surface area is 169 Å². The Balaban J connectivity index is 1.53. The first-order chi connectivity index (χ1) is 14.5. The number of benzene rings is 2. The minimum absolute atomic E-state index is 0.0805. The zero-order chi connectivity index (χ0) is 21.1. The number of hydrogen-bond acceptors (Lipinski definition) is 5. The molecule has 6 nitrogen and oxygen atoms in total. The number of nitrogens with zero attached hydrogens (tertiary/aromatic N) is 1. The highest BCUT2D eigenvalue weighted by atomic mass is 19.1. The predicted octanol–water partition coefficient (Wildman–Crippen LogP) is 4.57. The molecule has 0 radical (unpaired) electrons. The van der Waals surface area contributed by atoms with Gasteiger partial charge in [0.15, 0.2) is 12.4 Å². The van der Waals surface area contributed by atoms with Gasteiger partial charge in [0, 0.05) is 17.1 Å². The predicted molar refractivity (Wildman–Crippen MR) is 105 cm³/mol. The fourth-order valence-corrected chi connectivity index (χ4v) is 2.93. The summed E-state index contributed by atoms with van der Waals surface area (Å²) in [5, 5.41) is 2.82. The minimum atomic E-state index is -0.837. The first-order valence-electron chi connectivity index (χ1n) is 8.86. The van der Waals surface area contributed by atoms with E-state index in [9.17, 15) is 18.4 Å². The molecule has 150 valence electrons. The van der Waals surface area contributed by atoms with E-state index in [0.29, 0.717) is 28.4 Å². The molecule has 0 fully saturated rings. The lowest BCUT2D eigenvalue weighted by Gasteiger charge is -2.10. The third kappa shape index (κ3) is 4.17. The van der Waals surface area contributed by atoms with Crippen LogP contribution in [0.1, 0.15) is 10.4 Å². The second-order valence-electron chi connectivity index (χ2n) is 6.33. The highest BCUT2D eigenvalue weighted by molar-refractivity contribution is 6.05. The fraction of sp³-hybridized carbons (Fsp3) is 0.0455. The van der Waals surface area contributed by atoms with E-state index in [2.05, 4.69) is 10.3 Å². The molecule has 30 heavy (non-hydrogen) atoms. The Morgan fingerprint density at radius 2 is 1.77 bits per heavy atom. The van der Waals surface area contributed by atoms with Crippen LogP contribution in [0.15, 0.2) is 71.3 Å². The Morgan fingerprint density at radius 1 is 1.00 bits per heavy atom. The summed E-state index contributed by atoms with van der Waals surface area (Å²) in [5.41, 5.74) is 1.11. The second-order valence-corrected chi connectivity index (χ2v) is 6.33. The number of para-hydroxylation sites is 1. The molecule has 0 unspecified atom stereocenters. The zero-order valence-electron chi connectivity index (χ0n) is 15.4. The van der Waals surface area contributed by atoms with Gasteiger partial charge in [-0.1, -0.05) is 18.2 Å². The topological polar surface area (TPSA) is 81.4 Å². The van der Waals surface area contributed by atoms with Crippen LogP contribution < -0.4 is 5.32 Å². The van der Waals surface area contributed by atoms with Gasteiger partial charge in [0.05, 0.1) is 17.3 Å². The first-order valence-corrected chi connectivity index (χ1v) is 8.86. The van der Waals surface area contributed by atoms with Crippen molar-refractivity contribution >= 4 is 28.5 Å². The number of hydrogen-bond donors (Lipinski definition) is 1. The van der Waals surface area contributed by atoms with Crippen LogP contribution in [0.3, 0.4) is 0 Å². The van der Waals surface area contributed by atoms with Gasteiger partial charge in [-0.2, -0.15) is 0 Å². The van der Waals surface area contributed by atoms with Gasteiger partial charge in [0.2, 0.25) is 0 Å². The molecular weight excluding hydrogens is 394 g/mol. The number of carbonyl (C=O) groups is 2. The maximum Gasteiger partial charge on any atom is 0.339 e. The second kappa shape index (κ2) is 8.12. The van der Waals surface area contributed by atoms with Crippen LogP contribution in [-0.4, -0.2) is 23.5 Å². The number of pyridine rings is 1. The standard InChI is InChI=1S/C22H14F2N2O4/c23-13-8-14(24)10-15(9-13)25-21(27)12-30-22(28)17-11-19(20-6-3-7-29-20)26-18-5-2-1-4-16(17)18/h1-11H,12H2,(H,25,27). The molecule has 2 aromatic heterocycles. The van der Waals surface area contributed by atoms with E-state index in [1.165, 1.54) is 12.3 Å². The molecule has 8 heteroatoms. The number of carbonyl (C=O) groups excluding carboxylic acids is 2. The number of amides is 1. The van der Waals surface area contributed by atoms with Gasteiger partial charge in [0.25, 0.3) is 5.91 Å². The van der Waals surface area contributed by atoms with E-state index in [1.807, 2.05) is 0 Å². The van der Waals surface area contributed by atoms with Crippen LogP contribution in [0.4, 0.5) is 14.5 Å². The largest absolute Gasteiger partial charge is 0.463 e. The monoisotopic (exact) mass is 408 g/mol. The lowest BCUT2D eigenvalue weighted by Crippen LogP contribution is -2.21. The smallest absolute Gasteiger partial charge is 0.339 e. The summed E-state index contributed by atoms with van der Waals surface area (Å²) in [6, 6.07) is 14.5. The molecule has 2 heterocycles. The Hall–Kier alpha value is -4.07. The van der Waals surface area contributed by atoms with Crippen LogP contribution in [0.25, 0.3) is 22.4 Å². The van der Waals surface area contributed by atoms with Crippen molar-refractivity contribution in [2.24, 2.45) is 0 Å². The van der Waals surface area contributed by atoms with Gasteiger partial charge in [-0.05, 0) is 36.4 Å². The molecular formula is C22H14F2N2O4. The van der Waals surface area contributed by atoms with Gasteiger partial charge >= 0.3 is 5.97 Å². The number of esters is 1. The van der Waals surface area contributed by atoms with Crippen molar-refractivity contribution in [3.05, 3.63) is 84.1 Å². The lowest BCUT2D eigenvalue weighted by molar-refractivity contribution is -0.119. The van der Waals surface area contributed by atoms with Crippen LogP contribution in [0.2, 0.25) is 0 Å². The van der Waals surface area contributed by atoms with Crippen LogP contribution >= 0.6 is 0 Å². The average molecular weight is 408 g/mol. The first kappa shape index (κ1) is 19.3. The number of furan rings is 1. The molecule has 4 aromatic rings. The molecule has 2 aromatic carbocycles. The molecule has 0 atom stereocenters. The molecule has 0 saturated heterocycles. The number of ether oxygens (including phenoxy) is 1. The summed E-state index contributed by atoms with van der Waals surface area (Å²) < 4.78 is 36.9. The lowest BCUT2D eigenvalue weighted by atomic mass is 10.1. The van der Waals surface area contributed by atoms with Gasteiger partial charge < -0.3 is 14.5 Å². The third-order valence-corrected chi connectivity index (χ3v) is 4.19. The van der Waals surface area contributed by atoms with Gasteiger partial charge in [-0.3, -0.25) is 4.79 Å². The van der Waals surface area contributed by atoms with Gasteiger partial charge in [-0.25, -0.2) is 18.6 Å². The van der Waals surface area contributed by atoms with Crippen molar-refractivity contribution < 1.29 is 27.5 Å². The molecule has 0 saturated carbocycles. The van der Waals surface area contributed by atoms with Crippen LogP contribution in [-0.2, 0) is 9.53 Å². The maximum absolute atomic E-state index is 13.2. The van der Waals surface area contributed by atoms with E-state index in [0.717, 1.165) is 12.1 Å². The molecule has 1 N–H and O–H groups in total. The van der Waals surface area contributed by atoms with Crippen molar-refractivity contribution in [3.63, 3.8) is 0 Å². The Kier molecular flexibility index (Phi) is 5.21. The molecule has 0 aliphatic heterocycles. The van der Waals surface area contributed by atoms with Crippen LogP contribution in [0.5, 0.6) is 0 Å². The highest BCUT2D eigenvalue weighted by Crippen LogP contribution is 2.25. The summed E-state index contributed by atoms with van der Waals surface area (Å²) in [5.74, 6) is -2.69. The van der Waals surface area contributed by atoms with Crippen molar-refractivity contribution in [2.75, 3.05) is 11.9 Å². The molecule has 0 spiro atoms. The van der Waals surface area contributed by atoms with E-state index in [4.69, 9.17) is 9.15 Å². The molecule has 0 aliphatic rings. The van der Waals surface area contributed by atoms with Crippen molar-refractivity contribution in [2.45, 2.75) is 0 Å². The van der Waals surface area contributed by atoms with Crippen molar-refractivity contribution in [1.29, 1.82) is 0 Å². The van der Waals surface area contributed by atoms with Crippen molar-refractivity contribution in [3.8, 4) is 11.5 Å². The SMILES string of the molecule is O=C(COC(=O)c1cc(-c2ccco2)nc2ccccc12)Nc1cc(F)cc(F)c1. The molecule has 1 amide bonds. The fourth-order valence-electron chi connectivity index (χ4n) is 2.93. The number of aromatic nitrogens is 1. The number of halogens is 2. The van der Waals surface area contributed by atoms with E-state index < -0.39 is 30.1 Å². The number of rotatable bonds is 5. The third-order valence-electron chi connectivity index (χ3n) is 4.19. The Bertz CT molecular complexity index is 1220. The summed E-state index contributed by atoms with van der Waals surface area (Å²) in [4.78, 5) is 29.2. The average Bonchev–Trinajstić information content (AvgIpc) is 3.25. The van der Waals surface area contributed by atoms with E-state index in [-0.39, 0.29) is 11.3 Å². The van der Waals surface area contributed by atoms with Gasteiger partial charge in [-0.15, -0.1) is 0 Å². The highest BCUT2D eigenvalue weighted by Gasteiger charge is 2.17. The molecule has 0 aliphatic carbocycles. The maximum atomic E-state index is 13.2. The normalized spacial score (nSPS) is 10.7. The summed E-state index contributed by atoms with van der Waals surface area (Å²) in [6.07, 6.45) is 1.49. The van der Waals surface area contributed by atoms with E-state index in [1.54, 1.807) is 36.4 Å². The van der Waals surface area contributed by atoms with Gasteiger partial charge in [0.1, 0.15) is 17.3 Å². The quantitative estimate of drug-likeness (QED) is 0.490. The Morgan fingerprint density at radius 3 is 2.50 bits per heavy atom. The zero-order valence-corrected chi connectivity index (χ0v) is 15.4. The van der Waals surface area contributed by atoms with Crippen molar-refractivity contribution in [1.82, 2.24) is 4.98 Å². The molecule has 0 bridgehead atoms. The number of fused-ring (bicyclic) bond motifs is 1. The summed E-state index contributed by atoms with van der Waals surface area (Å²) in [6.45, 7) is -0.635.